The van der Waals surface area contributed by atoms with Gasteiger partial charge in [0.05, 0.1) is 39.0 Å². The fourth-order valence-corrected chi connectivity index (χ4v) is 2.14. The Morgan fingerprint density at radius 1 is 1.13 bits per heavy atom. The van der Waals surface area contributed by atoms with Gasteiger partial charge in [0, 0.05) is 18.3 Å². The van der Waals surface area contributed by atoms with Crippen LogP contribution in [0.1, 0.15) is 15.9 Å². The molecule has 1 amide bonds. The molecule has 1 N–H and O–H groups in total. The van der Waals surface area contributed by atoms with Crippen LogP contribution >= 0.6 is 11.6 Å². The molecule has 6 nitrogen and oxygen atoms in total. The Kier molecular flexibility index (Phi) is 5.65. The molecule has 0 radical (unpaired) electrons. The zero-order valence-corrected chi connectivity index (χ0v) is 13.8. The Bertz CT molecular complexity index is 664. The van der Waals surface area contributed by atoms with E-state index in [0.29, 0.717) is 33.5 Å². The van der Waals surface area contributed by atoms with E-state index >= 15 is 0 Å². The van der Waals surface area contributed by atoms with Gasteiger partial charge in [0.15, 0.2) is 0 Å². The molecule has 0 unspecified atom stereocenters. The maximum Gasteiger partial charge on any atom is 0.253 e. The van der Waals surface area contributed by atoms with Crippen molar-refractivity contribution in [3.05, 3.63) is 46.7 Å². The molecule has 0 aliphatic heterocycles. The first-order valence-electron chi connectivity index (χ1n) is 6.77. The number of aromatic nitrogens is 1. The molecular weight excluding hydrogens is 320 g/mol. The lowest BCUT2D eigenvalue weighted by molar-refractivity contribution is 0.0950. The van der Waals surface area contributed by atoms with E-state index in [-0.39, 0.29) is 12.5 Å². The van der Waals surface area contributed by atoms with Crippen molar-refractivity contribution in [2.75, 3.05) is 21.3 Å². The van der Waals surface area contributed by atoms with Crippen molar-refractivity contribution in [1.29, 1.82) is 0 Å². The topological polar surface area (TPSA) is 69.7 Å². The number of amides is 1. The smallest absolute Gasteiger partial charge is 0.253 e. The number of benzene rings is 1. The summed E-state index contributed by atoms with van der Waals surface area (Å²) in [5, 5.41) is 3.13. The first kappa shape index (κ1) is 16.9. The molecule has 1 aromatic heterocycles. The maximum atomic E-state index is 12.2. The average molecular weight is 337 g/mol. The summed E-state index contributed by atoms with van der Waals surface area (Å²) >= 11 is 5.71. The van der Waals surface area contributed by atoms with Crippen LogP contribution in [-0.2, 0) is 6.54 Å². The van der Waals surface area contributed by atoms with Crippen molar-refractivity contribution >= 4 is 17.5 Å². The molecule has 0 atom stereocenters. The number of hydrogen-bond donors (Lipinski definition) is 1. The predicted octanol–water partition coefficient (Wildman–Crippen LogP) is 2.69. The minimum absolute atomic E-state index is 0.234. The molecule has 1 aromatic carbocycles. The Labute approximate surface area is 139 Å². The number of pyridine rings is 1. The van der Waals surface area contributed by atoms with Crippen LogP contribution < -0.4 is 19.5 Å². The molecule has 7 heteroatoms. The summed E-state index contributed by atoms with van der Waals surface area (Å²) in [5.41, 5.74) is 1.13. The molecule has 23 heavy (non-hydrogen) atoms. The Balaban J connectivity index is 2.19. The third-order valence-corrected chi connectivity index (χ3v) is 3.46. The molecule has 2 rings (SSSR count). The maximum absolute atomic E-state index is 12.2. The van der Waals surface area contributed by atoms with Gasteiger partial charge in [-0.05, 0) is 12.1 Å². The van der Waals surface area contributed by atoms with Gasteiger partial charge in [-0.25, -0.2) is 4.98 Å². The van der Waals surface area contributed by atoms with Gasteiger partial charge in [-0.15, -0.1) is 0 Å². The average Bonchev–Trinajstić information content (AvgIpc) is 2.59. The highest BCUT2D eigenvalue weighted by Crippen LogP contribution is 2.33. The molecule has 0 bridgehead atoms. The predicted molar refractivity (Wildman–Crippen MR) is 86.5 cm³/mol. The number of nitrogens with one attached hydrogen (secondary N) is 1. The Hall–Kier alpha value is -2.47. The first-order chi connectivity index (χ1) is 11.1. The number of rotatable bonds is 6. The number of methoxy groups -OCH3 is 3. The zero-order chi connectivity index (χ0) is 16.8. The van der Waals surface area contributed by atoms with Crippen molar-refractivity contribution in [3.63, 3.8) is 0 Å². The van der Waals surface area contributed by atoms with E-state index in [2.05, 4.69) is 10.3 Å². The van der Waals surface area contributed by atoms with Crippen molar-refractivity contribution in [1.82, 2.24) is 10.3 Å². The van der Waals surface area contributed by atoms with Gasteiger partial charge in [-0.3, -0.25) is 4.79 Å². The van der Waals surface area contributed by atoms with Crippen LogP contribution in [0.25, 0.3) is 0 Å². The summed E-state index contributed by atoms with van der Waals surface area (Å²) in [4.78, 5) is 16.0. The summed E-state index contributed by atoms with van der Waals surface area (Å²) in [5.74, 6) is 1.47. The van der Waals surface area contributed by atoms with Crippen molar-refractivity contribution in [2.24, 2.45) is 0 Å². The van der Waals surface area contributed by atoms with E-state index in [4.69, 9.17) is 25.8 Å². The second kappa shape index (κ2) is 7.69. The first-order valence-corrected chi connectivity index (χ1v) is 7.15. The van der Waals surface area contributed by atoms with Crippen molar-refractivity contribution in [2.45, 2.75) is 6.54 Å². The molecule has 0 saturated heterocycles. The van der Waals surface area contributed by atoms with Gasteiger partial charge in [0.25, 0.3) is 5.91 Å². The van der Waals surface area contributed by atoms with Gasteiger partial charge >= 0.3 is 0 Å². The summed E-state index contributed by atoms with van der Waals surface area (Å²) in [6, 6.07) is 6.62. The lowest BCUT2D eigenvalue weighted by atomic mass is 10.1. The number of carbonyl (C=O) groups excluding carboxylic acids is 1. The molecule has 0 aliphatic rings. The number of halogens is 1. The standard InChI is InChI=1S/C16H17ClN2O4/c1-21-11-6-13(22-2)12(14(7-11)23-3)9-19-16(20)10-4-5-15(17)18-8-10/h4-8H,9H2,1-3H3,(H,19,20). The van der Waals surface area contributed by atoms with E-state index in [1.54, 1.807) is 45.6 Å². The summed E-state index contributed by atoms with van der Waals surface area (Å²) in [7, 11) is 4.65. The second-order valence-corrected chi connectivity index (χ2v) is 4.95. The van der Waals surface area contributed by atoms with Crippen LogP contribution in [0, 0.1) is 0 Å². The van der Waals surface area contributed by atoms with Gasteiger partial charge in [0.2, 0.25) is 0 Å². The zero-order valence-electron chi connectivity index (χ0n) is 13.1. The highest BCUT2D eigenvalue weighted by Gasteiger charge is 2.15. The fourth-order valence-electron chi connectivity index (χ4n) is 2.03. The molecule has 0 saturated carbocycles. The number of nitrogens with zero attached hydrogens (tertiary/aromatic N) is 1. The third kappa shape index (κ3) is 4.04. The van der Waals surface area contributed by atoms with E-state index < -0.39 is 0 Å². The van der Waals surface area contributed by atoms with Crippen LogP contribution in [0.2, 0.25) is 5.15 Å². The SMILES string of the molecule is COc1cc(OC)c(CNC(=O)c2ccc(Cl)nc2)c(OC)c1. The Morgan fingerprint density at radius 3 is 2.26 bits per heavy atom. The summed E-state index contributed by atoms with van der Waals surface area (Å²) < 4.78 is 15.9. The number of ether oxygens (including phenoxy) is 3. The van der Waals surface area contributed by atoms with E-state index in [1.165, 1.54) is 6.20 Å². The van der Waals surface area contributed by atoms with Gasteiger partial charge in [-0.2, -0.15) is 0 Å². The molecule has 122 valence electrons. The van der Waals surface area contributed by atoms with Crippen LogP contribution in [0.15, 0.2) is 30.5 Å². The number of carbonyl (C=O) groups is 1. The van der Waals surface area contributed by atoms with Crippen LogP contribution in [0.5, 0.6) is 17.2 Å². The fraction of sp³-hybridized carbons (Fsp3) is 0.250. The minimum atomic E-state index is -0.269. The van der Waals surface area contributed by atoms with E-state index in [0.717, 1.165) is 0 Å². The lowest BCUT2D eigenvalue weighted by Gasteiger charge is -2.15. The largest absolute Gasteiger partial charge is 0.496 e. The Morgan fingerprint density at radius 2 is 1.78 bits per heavy atom. The minimum Gasteiger partial charge on any atom is -0.496 e. The third-order valence-electron chi connectivity index (χ3n) is 3.23. The van der Waals surface area contributed by atoms with E-state index in [9.17, 15) is 4.79 Å². The van der Waals surface area contributed by atoms with Gasteiger partial charge in [0.1, 0.15) is 22.4 Å². The summed E-state index contributed by atoms with van der Waals surface area (Å²) in [6.45, 7) is 0.234. The molecular formula is C16H17ClN2O4. The monoisotopic (exact) mass is 336 g/mol. The lowest BCUT2D eigenvalue weighted by Crippen LogP contribution is -2.23. The van der Waals surface area contributed by atoms with Gasteiger partial charge < -0.3 is 19.5 Å². The van der Waals surface area contributed by atoms with Gasteiger partial charge in [-0.1, -0.05) is 11.6 Å². The molecule has 0 aliphatic carbocycles. The second-order valence-electron chi connectivity index (χ2n) is 4.56. The molecule has 1 heterocycles. The molecule has 0 fully saturated rings. The highest BCUT2D eigenvalue weighted by molar-refractivity contribution is 6.29. The van der Waals surface area contributed by atoms with E-state index in [1.807, 2.05) is 0 Å². The number of hydrogen-bond acceptors (Lipinski definition) is 5. The quantitative estimate of drug-likeness (QED) is 0.821. The molecule has 2 aromatic rings. The van der Waals surface area contributed by atoms with Crippen LogP contribution in [-0.4, -0.2) is 32.2 Å². The van der Waals surface area contributed by atoms with Crippen molar-refractivity contribution < 1.29 is 19.0 Å². The highest BCUT2D eigenvalue weighted by atomic mass is 35.5. The molecule has 0 spiro atoms. The van der Waals surface area contributed by atoms with Crippen LogP contribution in [0.3, 0.4) is 0 Å². The van der Waals surface area contributed by atoms with Crippen LogP contribution in [0.4, 0.5) is 0 Å². The van der Waals surface area contributed by atoms with Crippen molar-refractivity contribution in [3.8, 4) is 17.2 Å². The normalized spacial score (nSPS) is 10.1. The summed E-state index contributed by atoms with van der Waals surface area (Å²) in [6.07, 6.45) is 1.42.